The Bertz CT molecular complexity index is 7410. The Labute approximate surface area is 866 Å². The minimum atomic E-state index is -3.75. The molecule has 13 N–H and O–H groups in total. The van der Waals surface area contributed by atoms with Crippen molar-refractivity contribution in [3.63, 3.8) is 0 Å². The zero-order valence-electron chi connectivity index (χ0n) is 80.1. The Kier molecular flexibility index (Phi) is 49.2. The summed E-state index contributed by atoms with van der Waals surface area (Å²) in [7, 11) is -6.56. The number of rotatable bonds is 27. The maximum absolute atomic E-state index is 12.5. The van der Waals surface area contributed by atoms with Crippen molar-refractivity contribution in [2.24, 2.45) is 11.5 Å². The molecule has 5 aromatic heterocycles. The van der Waals surface area contributed by atoms with E-state index >= 15 is 0 Å². The van der Waals surface area contributed by atoms with Crippen LogP contribution in [0.2, 0.25) is 0 Å². The zero-order valence-corrected chi connectivity index (χ0v) is 81.7. The van der Waals surface area contributed by atoms with Gasteiger partial charge >= 0.3 is 5.97 Å². The van der Waals surface area contributed by atoms with E-state index in [2.05, 4.69) is 157 Å². The van der Waals surface area contributed by atoms with Crippen LogP contribution in [0.1, 0.15) is 123 Å². The molecule has 0 radical (unpaired) electrons. The summed E-state index contributed by atoms with van der Waals surface area (Å²) in [5.74, 6) is -1.41. The highest BCUT2D eigenvalue weighted by atomic mass is 32.2. The van der Waals surface area contributed by atoms with E-state index in [0.29, 0.717) is 19.6 Å². The van der Waals surface area contributed by atoms with Gasteiger partial charge in [0.1, 0.15) is 12.8 Å². The molecule has 5 heterocycles. The number of nitrogens with zero attached hydrogens (tertiary/aromatic N) is 4. The predicted molar refractivity (Wildman–Crippen MR) is 598 cm³/mol. The number of nitrogens with two attached hydrogens (primary N) is 2. The molecule has 149 heavy (non-hydrogen) atoms. The third-order valence-electron chi connectivity index (χ3n) is 22.4. The van der Waals surface area contributed by atoms with Crippen molar-refractivity contribution in [2.45, 2.75) is 69.6 Å². The van der Waals surface area contributed by atoms with Gasteiger partial charge in [-0.1, -0.05) is 361 Å². The van der Waals surface area contributed by atoms with E-state index in [1.165, 1.54) is 91.4 Å². The number of aryl methyl sites for hydroxylation is 2. The minimum absolute atomic E-state index is 0. The normalized spacial score (nSPS) is 11.3. The SMILES string of the molecule is C.C.C.C[N+](=O)[O-].Cc1ccc(S(=O)(=O)NCC(=O)NCC(c2ccccc2)c2c[nH]c3ccccc23)cc1.Cc1ccc(S(=O)(=O)NCC(=O)O)cc1.NCC(c1ccccc1)c1c[nH]c2ccccc12.NCC(c1ccccc1)c1c[nH]c2ccccc12.O=Cc1ccccc1.O=[N+]([O-])/C=C/c1ccccc1.O=[N+]([O-])/C=C/c1ccccc1.O=[N+]([O-])CC(c1ccccc1)c1c[nH]c2ccccc12.c1ccc2[nH]ccc2c1. The lowest BCUT2D eigenvalue weighted by molar-refractivity contribution is -0.481. The molecule has 0 aliphatic rings. The predicted octanol–water partition coefficient (Wildman–Crippen LogP) is 23.5. The van der Waals surface area contributed by atoms with E-state index in [9.17, 15) is 61.6 Å². The molecule has 30 nitrogen and oxygen atoms in total. The molecule has 770 valence electrons. The number of aromatic amines is 5. The van der Waals surface area contributed by atoms with Crippen molar-refractivity contribution in [3.8, 4) is 0 Å². The van der Waals surface area contributed by atoms with Crippen molar-refractivity contribution in [3.05, 3.63) is 544 Å². The average Bonchev–Trinajstić information content (AvgIpc) is 1.67. The molecule has 0 aliphatic carbocycles. The quantitative estimate of drug-likeness (QED) is 0.0129. The van der Waals surface area contributed by atoms with Crippen molar-refractivity contribution in [1.29, 1.82) is 0 Å². The number of carbonyl (C=O) groups is 3. The number of nitrogens with one attached hydrogen (secondary N) is 8. The number of amides is 1. The Balaban J connectivity index is 0.000000232. The van der Waals surface area contributed by atoms with Crippen LogP contribution < -0.4 is 26.2 Å². The molecule has 0 spiro atoms. The number of carbonyl (C=O) groups excluding carboxylic acids is 2. The van der Waals surface area contributed by atoms with Gasteiger partial charge in [-0.05, 0) is 136 Å². The first-order valence-corrected chi connectivity index (χ1v) is 49.0. The Hall–Kier alpha value is -17.8. The number of sulfonamides is 2. The average molecular weight is 2050 g/mol. The highest BCUT2D eigenvalue weighted by Gasteiger charge is 2.25. The van der Waals surface area contributed by atoms with Gasteiger partial charge in [-0.15, -0.1) is 0 Å². The van der Waals surface area contributed by atoms with E-state index in [-0.39, 0.29) is 79.7 Å². The fourth-order valence-corrected chi connectivity index (χ4v) is 17.2. The molecule has 4 atom stereocenters. The van der Waals surface area contributed by atoms with Crippen molar-refractivity contribution in [2.75, 3.05) is 46.3 Å². The van der Waals surface area contributed by atoms with Gasteiger partial charge in [-0.2, -0.15) is 4.72 Å². The molecule has 4 unspecified atom stereocenters. The number of hydrogen-bond donors (Lipinski definition) is 11. The fourth-order valence-electron chi connectivity index (χ4n) is 15.2. The summed E-state index contributed by atoms with van der Waals surface area (Å²) >= 11 is 0. The van der Waals surface area contributed by atoms with Gasteiger partial charge in [-0.25, -0.2) is 21.6 Å². The minimum Gasteiger partial charge on any atom is -0.480 e. The number of benzene rings is 14. The number of aliphatic carboxylic acids is 1. The molecule has 0 aliphatic heterocycles. The Morgan fingerprint density at radius 2 is 0.644 bits per heavy atom. The van der Waals surface area contributed by atoms with Crippen molar-refractivity contribution in [1.82, 2.24) is 39.7 Å². The third kappa shape index (κ3) is 38.4. The number of fused-ring (bicyclic) bond motifs is 5. The monoisotopic (exact) mass is 2040 g/mol. The second-order valence-electron chi connectivity index (χ2n) is 32.5. The molecular weight excluding hydrogens is 1920 g/mol. The Morgan fingerprint density at radius 1 is 0.362 bits per heavy atom. The molecule has 1 amide bonds. The Morgan fingerprint density at radius 3 is 0.953 bits per heavy atom. The van der Waals surface area contributed by atoms with Crippen LogP contribution in [0.25, 0.3) is 66.7 Å². The number of hydrogen-bond acceptors (Lipinski definition) is 17. The summed E-state index contributed by atoms with van der Waals surface area (Å²) in [6, 6.07) is 123. The maximum Gasteiger partial charge on any atom is 0.318 e. The highest BCUT2D eigenvalue weighted by Crippen LogP contribution is 2.35. The first-order chi connectivity index (χ1) is 70.6. The topological polar surface area (TPSA) is 479 Å². The third-order valence-corrected chi connectivity index (χ3v) is 25.2. The van der Waals surface area contributed by atoms with Crippen LogP contribution in [0.4, 0.5) is 0 Å². The lowest BCUT2D eigenvalue weighted by atomic mass is 9.91. The number of aromatic nitrogens is 5. The van der Waals surface area contributed by atoms with E-state index < -0.39 is 47.3 Å². The van der Waals surface area contributed by atoms with E-state index in [1.54, 1.807) is 60.7 Å². The van der Waals surface area contributed by atoms with E-state index in [0.717, 1.165) is 97.6 Å². The number of nitro groups is 4. The summed E-state index contributed by atoms with van der Waals surface area (Å²) in [5, 5.41) is 56.8. The van der Waals surface area contributed by atoms with E-state index in [4.69, 9.17) is 26.7 Å². The summed E-state index contributed by atoms with van der Waals surface area (Å²) in [5.41, 5.74) is 31.0. The molecule has 0 saturated heterocycles. The smallest absolute Gasteiger partial charge is 0.318 e. The number of H-pyrrole nitrogens is 5. The van der Waals surface area contributed by atoms with Gasteiger partial charge in [0.15, 0.2) is 7.05 Å². The lowest BCUT2D eigenvalue weighted by Gasteiger charge is -2.18. The van der Waals surface area contributed by atoms with Crippen LogP contribution >= 0.6 is 0 Å². The largest absolute Gasteiger partial charge is 0.480 e. The molecule has 14 aromatic carbocycles. The number of carboxylic acid groups (broad SMARTS) is 1. The van der Waals surface area contributed by atoms with Crippen molar-refractivity contribution < 1.29 is 56.0 Å². The highest BCUT2D eigenvalue weighted by molar-refractivity contribution is 7.89. The van der Waals surface area contributed by atoms with Gasteiger partial charge in [0.25, 0.3) is 0 Å². The van der Waals surface area contributed by atoms with Gasteiger partial charge in [0.2, 0.25) is 44.9 Å². The zero-order chi connectivity index (χ0) is 104. The fraction of sp³-hybridized carbons (Fsp3) is 0.137. The van der Waals surface area contributed by atoms with Gasteiger partial charge < -0.3 is 46.8 Å². The first kappa shape index (κ1) is 118. The molecule has 0 fully saturated rings. The van der Waals surface area contributed by atoms with Gasteiger partial charge in [0, 0.05) is 145 Å². The first-order valence-electron chi connectivity index (χ1n) is 46.0. The lowest BCUT2D eigenvalue weighted by Crippen LogP contribution is -2.38. The van der Waals surface area contributed by atoms with Crippen LogP contribution in [0, 0.1) is 54.3 Å². The second kappa shape index (κ2) is 62.0. The van der Waals surface area contributed by atoms with Crippen LogP contribution in [-0.2, 0) is 29.6 Å². The molecule has 32 heteroatoms. The van der Waals surface area contributed by atoms with Crippen LogP contribution in [0.3, 0.4) is 0 Å². The summed E-state index contributed by atoms with van der Waals surface area (Å²) in [4.78, 5) is 87.0. The summed E-state index contributed by atoms with van der Waals surface area (Å²) in [6.07, 6.45) is 15.6. The number of carboxylic acids is 1. The van der Waals surface area contributed by atoms with Crippen molar-refractivity contribution >= 4 is 105 Å². The van der Waals surface area contributed by atoms with Crippen LogP contribution in [0.5, 0.6) is 0 Å². The van der Waals surface area contributed by atoms with Crippen LogP contribution in [-0.4, -0.2) is 131 Å². The number of para-hydroxylation sites is 5. The maximum atomic E-state index is 12.5. The molecule has 0 bridgehead atoms. The number of aldehydes is 1. The summed E-state index contributed by atoms with van der Waals surface area (Å²) < 4.78 is 52.2. The van der Waals surface area contributed by atoms with Gasteiger partial charge in [-0.3, -0.25) is 54.8 Å². The molecular formula is C117H124N14O16S2. The second-order valence-corrected chi connectivity index (χ2v) is 36.1. The standard InChI is InChI=1S/C25H25N3O3S.C16H14N2O2.2C16H16N2.C9H11NO4S.2C8H7NO2.C8H7N.C7H6O.CH3NO2.3CH4/c1-18-11-13-20(14-12-18)32(30,31)28-17-25(29)27-15-22(19-7-3-2-4-8-19)23-16-26-24-10-6-5-9-21(23)24;19-18(20)11-15(12-6-2-1-3-7-12)14-10-17-16-9-5-4-8-13(14)16;2*17-10-14(12-6-2-1-3-7-12)15-11-18-16-9-5-4-8-13(15)16;1-7-2-4-8(5-3-7)15(13,14)10-6-9(11)12;2*10-9(11)7-6-8-4-2-1-3-5-8;1-2-4-8-7(3-1)5-6-9-8;8-6-7-4-2-1-3-5-7;1-2(3)4;;;/h2-14,16,22,26,28H,15,17H2,1H3,(H,27,29);1-10,15,17H,11H2;2*1-9,11,14,18H,10,17H2;2-5,10H,6H2,1H3,(H,11,12);2*1-7H;1-6,9H;1-6H;1H3;3*1H4/b;;;;;2*7-6+;;;;;;. The molecule has 19 aromatic rings. The van der Waals surface area contributed by atoms with Crippen LogP contribution in [0.15, 0.2) is 441 Å². The molecule has 0 saturated carbocycles. The van der Waals surface area contributed by atoms with Gasteiger partial charge in [0.05, 0.1) is 32.1 Å². The summed E-state index contributed by atoms with van der Waals surface area (Å²) in [6.45, 7) is 4.25. The van der Waals surface area contributed by atoms with E-state index in [1.807, 2.05) is 231 Å². The molecule has 19 rings (SSSR count).